The van der Waals surface area contributed by atoms with Crippen LogP contribution >= 0.6 is 0 Å². The Kier molecular flexibility index (Phi) is 3.60. The lowest BCUT2D eigenvalue weighted by molar-refractivity contribution is 0.430. The van der Waals surface area contributed by atoms with Crippen LogP contribution in [0, 0.1) is 5.92 Å². The molecule has 1 atom stereocenters. The molecule has 1 aliphatic rings. The molecule has 0 N–H and O–H groups in total. The Morgan fingerprint density at radius 2 is 1.93 bits per heavy atom. The number of benzene rings is 1. The molecule has 0 spiro atoms. The zero-order valence-electron chi connectivity index (χ0n) is 9.41. The second-order valence-electron chi connectivity index (χ2n) is 4.63. The summed E-state index contributed by atoms with van der Waals surface area (Å²) >= 11 is 0. The van der Waals surface area contributed by atoms with Gasteiger partial charge >= 0.3 is 0 Å². The fourth-order valence-electron chi connectivity index (χ4n) is 2.49. The molecule has 0 saturated heterocycles. The van der Waals surface area contributed by atoms with Crippen LogP contribution < -0.4 is 0 Å². The third kappa shape index (κ3) is 2.95. The molecule has 0 radical (unpaired) electrons. The van der Waals surface area contributed by atoms with Gasteiger partial charge in [0.15, 0.2) is 0 Å². The van der Waals surface area contributed by atoms with E-state index in [2.05, 4.69) is 36.9 Å². The van der Waals surface area contributed by atoms with Crippen LogP contribution in [0.25, 0.3) is 0 Å². The van der Waals surface area contributed by atoms with E-state index >= 15 is 0 Å². The van der Waals surface area contributed by atoms with Gasteiger partial charge in [-0.2, -0.15) is 0 Å². The molecule has 15 heavy (non-hydrogen) atoms. The van der Waals surface area contributed by atoms with Crippen molar-refractivity contribution in [1.82, 2.24) is 0 Å². The summed E-state index contributed by atoms with van der Waals surface area (Å²) in [4.78, 5) is 0. The molecule has 1 fully saturated rings. The van der Waals surface area contributed by atoms with Gasteiger partial charge in [-0.1, -0.05) is 48.9 Å². The molecule has 0 nitrogen and oxygen atoms in total. The average molecular weight is 200 g/mol. The van der Waals surface area contributed by atoms with Crippen LogP contribution in [0.2, 0.25) is 0 Å². The van der Waals surface area contributed by atoms with E-state index in [-0.39, 0.29) is 0 Å². The maximum atomic E-state index is 4.21. The predicted octanol–water partition coefficient (Wildman–Crippen LogP) is 4.37. The number of rotatable bonds is 3. The van der Waals surface area contributed by atoms with Crippen LogP contribution in [-0.4, -0.2) is 0 Å². The van der Waals surface area contributed by atoms with Gasteiger partial charge in [-0.3, -0.25) is 0 Å². The molecule has 0 heterocycles. The highest BCUT2D eigenvalue weighted by Gasteiger charge is 2.16. The van der Waals surface area contributed by atoms with Crippen LogP contribution in [0.3, 0.4) is 0 Å². The summed E-state index contributed by atoms with van der Waals surface area (Å²) in [5, 5.41) is 0. The second kappa shape index (κ2) is 5.16. The van der Waals surface area contributed by atoms with E-state index in [9.17, 15) is 0 Å². The summed E-state index contributed by atoms with van der Waals surface area (Å²) in [5.41, 5.74) is 2.97. The van der Waals surface area contributed by atoms with Crippen LogP contribution in [-0.2, 0) is 6.42 Å². The fourth-order valence-corrected chi connectivity index (χ4v) is 2.49. The smallest absolute Gasteiger partial charge is 0.0203 e. The van der Waals surface area contributed by atoms with Gasteiger partial charge in [0.1, 0.15) is 0 Å². The minimum Gasteiger partial charge on any atom is -0.0996 e. The first-order chi connectivity index (χ1) is 7.36. The Labute approximate surface area is 93.0 Å². The SMILES string of the molecule is C=C1CCCC[C@H]1CCc1ccccc1. The first-order valence-electron chi connectivity index (χ1n) is 6.08. The molecule has 0 unspecified atom stereocenters. The fraction of sp³-hybridized carbons (Fsp3) is 0.467. The van der Waals surface area contributed by atoms with Crippen molar-refractivity contribution < 1.29 is 0 Å². The molecule has 0 aliphatic heterocycles. The minimum atomic E-state index is 0.791. The lowest BCUT2D eigenvalue weighted by Crippen LogP contribution is -2.10. The number of aryl methyl sites for hydroxylation is 1. The maximum Gasteiger partial charge on any atom is -0.0203 e. The number of hydrogen-bond donors (Lipinski definition) is 0. The summed E-state index contributed by atoms with van der Waals surface area (Å²) in [6, 6.07) is 10.8. The molecule has 80 valence electrons. The zero-order valence-corrected chi connectivity index (χ0v) is 9.41. The van der Waals surface area contributed by atoms with E-state index < -0.39 is 0 Å². The first-order valence-corrected chi connectivity index (χ1v) is 6.08. The Bertz CT molecular complexity index is 310. The van der Waals surface area contributed by atoms with E-state index in [1.54, 1.807) is 0 Å². The number of allylic oxidation sites excluding steroid dienone is 1. The van der Waals surface area contributed by atoms with Crippen LogP contribution in [0.15, 0.2) is 42.5 Å². The van der Waals surface area contributed by atoms with Crippen molar-refractivity contribution in [2.45, 2.75) is 38.5 Å². The molecule has 0 bridgehead atoms. The van der Waals surface area contributed by atoms with Crippen molar-refractivity contribution in [3.8, 4) is 0 Å². The van der Waals surface area contributed by atoms with Crippen molar-refractivity contribution in [2.24, 2.45) is 5.92 Å². The second-order valence-corrected chi connectivity index (χ2v) is 4.63. The quantitative estimate of drug-likeness (QED) is 0.636. The monoisotopic (exact) mass is 200 g/mol. The predicted molar refractivity (Wildman–Crippen MR) is 65.9 cm³/mol. The van der Waals surface area contributed by atoms with Crippen LogP contribution in [0.1, 0.15) is 37.7 Å². The third-order valence-electron chi connectivity index (χ3n) is 3.50. The van der Waals surface area contributed by atoms with E-state index in [1.165, 1.54) is 49.7 Å². The van der Waals surface area contributed by atoms with Gasteiger partial charge in [0.2, 0.25) is 0 Å². The van der Waals surface area contributed by atoms with Crippen molar-refractivity contribution in [3.63, 3.8) is 0 Å². The molecule has 1 aromatic carbocycles. The normalized spacial score (nSPS) is 21.6. The molecule has 0 amide bonds. The van der Waals surface area contributed by atoms with Gasteiger partial charge in [0.05, 0.1) is 0 Å². The van der Waals surface area contributed by atoms with E-state index in [0.29, 0.717) is 0 Å². The molecular weight excluding hydrogens is 180 g/mol. The molecular formula is C15H20. The Morgan fingerprint density at radius 1 is 1.13 bits per heavy atom. The molecule has 0 heteroatoms. The van der Waals surface area contributed by atoms with Gasteiger partial charge in [-0.05, 0) is 43.6 Å². The van der Waals surface area contributed by atoms with Crippen molar-refractivity contribution in [1.29, 1.82) is 0 Å². The lowest BCUT2D eigenvalue weighted by Gasteiger charge is -2.24. The Hall–Kier alpha value is -1.04. The minimum absolute atomic E-state index is 0.791. The maximum absolute atomic E-state index is 4.21. The largest absolute Gasteiger partial charge is 0.0996 e. The highest BCUT2D eigenvalue weighted by atomic mass is 14.2. The molecule has 0 aromatic heterocycles. The van der Waals surface area contributed by atoms with Crippen molar-refractivity contribution in [3.05, 3.63) is 48.0 Å². The first kappa shape index (κ1) is 10.5. The summed E-state index contributed by atoms with van der Waals surface area (Å²) in [7, 11) is 0. The third-order valence-corrected chi connectivity index (χ3v) is 3.50. The lowest BCUT2D eigenvalue weighted by atomic mass is 9.82. The Morgan fingerprint density at radius 3 is 2.67 bits per heavy atom. The van der Waals surface area contributed by atoms with Gasteiger partial charge < -0.3 is 0 Å². The van der Waals surface area contributed by atoms with Crippen LogP contribution in [0.5, 0.6) is 0 Å². The summed E-state index contributed by atoms with van der Waals surface area (Å²) < 4.78 is 0. The molecule has 2 rings (SSSR count). The molecule has 1 aromatic rings. The molecule has 1 saturated carbocycles. The summed E-state index contributed by atoms with van der Waals surface area (Å²) in [6.07, 6.45) is 7.90. The number of hydrogen-bond acceptors (Lipinski definition) is 0. The van der Waals surface area contributed by atoms with Gasteiger partial charge in [0, 0.05) is 0 Å². The highest BCUT2D eigenvalue weighted by molar-refractivity contribution is 5.15. The van der Waals surface area contributed by atoms with Gasteiger partial charge in [0.25, 0.3) is 0 Å². The average Bonchev–Trinajstić information content (AvgIpc) is 2.29. The Balaban J connectivity index is 1.85. The molecule has 1 aliphatic carbocycles. The highest BCUT2D eigenvalue weighted by Crippen LogP contribution is 2.31. The van der Waals surface area contributed by atoms with Crippen molar-refractivity contribution >= 4 is 0 Å². The zero-order chi connectivity index (χ0) is 10.5. The summed E-state index contributed by atoms with van der Waals surface area (Å²) in [6.45, 7) is 4.21. The van der Waals surface area contributed by atoms with E-state index in [1.807, 2.05) is 0 Å². The van der Waals surface area contributed by atoms with Gasteiger partial charge in [-0.15, -0.1) is 0 Å². The van der Waals surface area contributed by atoms with Crippen molar-refractivity contribution in [2.75, 3.05) is 0 Å². The van der Waals surface area contributed by atoms with E-state index in [0.717, 1.165) is 5.92 Å². The van der Waals surface area contributed by atoms with Crippen LogP contribution in [0.4, 0.5) is 0 Å². The summed E-state index contributed by atoms with van der Waals surface area (Å²) in [5.74, 6) is 0.791. The van der Waals surface area contributed by atoms with Gasteiger partial charge in [-0.25, -0.2) is 0 Å². The standard InChI is InChI=1S/C15H20/c1-13-7-5-6-10-15(13)12-11-14-8-3-2-4-9-14/h2-4,8-9,15H,1,5-7,10-12H2/t15-/m0/s1. The van der Waals surface area contributed by atoms with E-state index in [4.69, 9.17) is 0 Å². The topological polar surface area (TPSA) is 0 Å².